The summed E-state index contributed by atoms with van der Waals surface area (Å²) in [7, 11) is 0. The number of halogens is 2. The van der Waals surface area contributed by atoms with Crippen molar-refractivity contribution in [3.05, 3.63) is 29.8 Å². The third kappa shape index (κ3) is 2.98. The summed E-state index contributed by atoms with van der Waals surface area (Å²) in [4.78, 5) is 0. The van der Waals surface area contributed by atoms with E-state index in [1.54, 1.807) is 0 Å². The van der Waals surface area contributed by atoms with E-state index in [-0.39, 0.29) is 11.7 Å². The predicted molar refractivity (Wildman–Crippen MR) is 54.4 cm³/mol. The minimum atomic E-state index is -0.419. The molecule has 0 amide bonds. The number of benzene rings is 1. The molecule has 0 unspecified atom stereocenters. The molecule has 1 atom stereocenters. The third-order valence-corrected chi connectivity index (χ3v) is 2.05. The Balaban J connectivity index is 2.70. The van der Waals surface area contributed by atoms with E-state index in [4.69, 9.17) is 0 Å². The molecule has 3 heteroatoms. The van der Waals surface area contributed by atoms with Crippen molar-refractivity contribution in [3.8, 4) is 0 Å². The van der Waals surface area contributed by atoms with Crippen molar-refractivity contribution in [2.75, 3.05) is 5.32 Å². The molecule has 0 saturated carbocycles. The minimum absolute atomic E-state index is 0.163. The Bertz CT molecular complexity index is 299. The summed E-state index contributed by atoms with van der Waals surface area (Å²) in [6.07, 6.45) is 1.96. The van der Waals surface area contributed by atoms with Gasteiger partial charge in [0.1, 0.15) is 11.6 Å². The highest BCUT2D eigenvalue weighted by Crippen LogP contribution is 2.17. The van der Waals surface area contributed by atoms with Crippen LogP contribution in [0.3, 0.4) is 0 Å². The van der Waals surface area contributed by atoms with Crippen molar-refractivity contribution >= 4 is 5.69 Å². The Morgan fingerprint density at radius 1 is 1.36 bits per heavy atom. The van der Waals surface area contributed by atoms with Crippen LogP contribution >= 0.6 is 0 Å². The van der Waals surface area contributed by atoms with Gasteiger partial charge in [-0.1, -0.05) is 13.3 Å². The first kappa shape index (κ1) is 11.0. The van der Waals surface area contributed by atoms with Gasteiger partial charge in [-0.3, -0.25) is 0 Å². The smallest absolute Gasteiger partial charge is 0.146 e. The summed E-state index contributed by atoms with van der Waals surface area (Å²) in [6, 6.07) is 3.60. The van der Waals surface area contributed by atoms with E-state index < -0.39 is 11.6 Å². The van der Waals surface area contributed by atoms with Crippen LogP contribution in [0, 0.1) is 11.6 Å². The average Bonchev–Trinajstić information content (AvgIpc) is 2.12. The first-order valence-electron chi connectivity index (χ1n) is 4.85. The number of rotatable bonds is 4. The lowest BCUT2D eigenvalue weighted by molar-refractivity contribution is 0.596. The fourth-order valence-electron chi connectivity index (χ4n) is 1.38. The largest absolute Gasteiger partial charge is 0.380 e. The van der Waals surface area contributed by atoms with Gasteiger partial charge in [-0.05, 0) is 31.5 Å². The summed E-state index contributed by atoms with van der Waals surface area (Å²) < 4.78 is 25.9. The Hall–Kier alpha value is -1.12. The van der Waals surface area contributed by atoms with E-state index in [1.807, 2.05) is 6.92 Å². The number of hydrogen-bond donors (Lipinski definition) is 1. The van der Waals surface area contributed by atoms with Crippen molar-refractivity contribution in [2.45, 2.75) is 32.7 Å². The molecule has 14 heavy (non-hydrogen) atoms. The van der Waals surface area contributed by atoms with Gasteiger partial charge < -0.3 is 5.32 Å². The van der Waals surface area contributed by atoms with E-state index in [9.17, 15) is 8.78 Å². The third-order valence-electron chi connectivity index (χ3n) is 2.05. The molecular weight excluding hydrogens is 184 g/mol. The van der Waals surface area contributed by atoms with Gasteiger partial charge in [0.05, 0.1) is 5.69 Å². The Labute approximate surface area is 83.1 Å². The summed E-state index contributed by atoms with van der Waals surface area (Å²) in [5, 5.41) is 2.94. The van der Waals surface area contributed by atoms with Crippen LogP contribution in [0.1, 0.15) is 26.7 Å². The first-order valence-corrected chi connectivity index (χ1v) is 4.85. The quantitative estimate of drug-likeness (QED) is 0.781. The van der Waals surface area contributed by atoms with Crippen molar-refractivity contribution in [2.24, 2.45) is 0 Å². The van der Waals surface area contributed by atoms with Crippen LogP contribution < -0.4 is 5.32 Å². The summed E-state index contributed by atoms with van der Waals surface area (Å²) in [5.74, 6) is -0.827. The monoisotopic (exact) mass is 199 g/mol. The number of nitrogens with one attached hydrogen (secondary N) is 1. The molecule has 0 heterocycles. The van der Waals surface area contributed by atoms with Gasteiger partial charge >= 0.3 is 0 Å². The summed E-state index contributed by atoms with van der Waals surface area (Å²) in [6.45, 7) is 4.01. The van der Waals surface area contributed by atoms with Crippen LogP contribution in [-0.2, 0) is 0 Å². The maximum atomic E-state index is 13.1. The number of hydrogen-bond acceptors (Lipinski definition) is 1. The van der Waals surface area contributed by atoms with Crippen LogP contribution in [-0.4, -0.2) is 6.04 Å². The molecule has 1 nitrogen and oxygen atoms in total. The maximum absolute atomic E-state index is 13.1. The molecule has 1 aromatic carbocycles. The second-order valence-electron chi connectivity index (χ2n) is 3.46. The van der Waals surface area contributed by atoms with Crippen LogP contribution in [0.25, 0.3) is 0 Å². The van der Waals surface area contributed by atoms with Crippen LogP contribution in [0.15, 0.2) is 18.2 Å². The van der Waals surface area contributed by atoms with Crippen molar-refractivity contribution in [1.29, 1.82) is 0 Å². The molecule has 0 aromatic heterocycles. The molecule has 0 spiro atoms. The Morgan fingerprint density at radius 3 is 2.71 bits per heavy atom. The van der Waals surface area contributed by atoms with E-state index in [1.165, 1.54) is 6.07 Å². The zero-order chi connectivity index (χ0) is 10.6. The molecule has 78 valence electrons. The molecule has 1 aromatic rings. The highest BCUT2D eigenvalue weighted by atomic mass is 19.1. The SMILES string of the molecule is CCC[C@@H](C)Nc1cc(F)ccc1F. The van der Waals surface area contributed by atoms with Gasteiger partial charge in [0, 0.05) is 6.04 Å². The van der Waals surface area contributed by atoms with Crippen LogP contribution in [0.2, 0.25) is 0 Å². The topological polar surface area (TPSA) is 12.0 Å². The molecule has 0 aliphatic heterocycles. The Kier molecular flexibility index (Phi) is 3.86. The van der Waals surface area contributed by atoms with E-state index in [0.29, 0.717) is 0 Å². The molecule has 0 aliphatic carbocycles. The van der Waals surface area contributed by atoms with E-state index in [2.05, 4.69) is 12.2 Å². The molecule has 0 bridgehead atoms. The van der Waals surface area contributed by atoms with Gasteiger partial charge in [-0.2, -0.15) is 0 Å². The molecule has 0 aliphatic rings. The average molecular weight is 199 g/mol. The fourth-order valence-corrected chi connectivity index (χ4v) is 1.38. The maximum Gasteiger partial charge on any atom is 0.146 e. The second kappa shape index (κ2) is 4.94. The van der Waals surface area contributed by atoms with Crippen molar-refractivity contribution in [3.63, 3.8) is 0 Å². The van der Waals surface area contributed by atoms with Crippen molar-refractivity contribution < 1.29 is 8.78 Å². The highest BCUT2D eigenvalue weighted by Gasteiger charge is 2.06. The second-order valence-corrected chi connectivity index (χ2v) is 3.46. The van der Waals surface area contributed by atoms with Gasteiger partial charge in [-0.25, -0.2) is 8.78 Å². The predicted octanol–water partition coefficient (Wildman–Crippen LogP) is 3.57. The summed E-state index contributed by atoms with van der Waals surface area (Å²) in [5.41, 5.74) is 0.242. The van der Waals surface area contributed by atoms with Gasteiger partial charge in [0.15, 0.2) is 0 Å². The molecule has 0 radical (unpaired) electrons. The van der Waals surface area contributed by atoms with Gasteiger partial charge in [0.25, 0.3) is 0 Å². The van der Waals surface area contributed by atoms with Crippen LogP contribution in [0.4, 0.5) is 14.5 Å². The lowest BCUT2D eigenvalue weighted by Gasteiger charge is -2.14. The zero-order valence-corrected chi connectivity index (χ0v) is 8.48. The molecule has 0 saturated heterocycles. The van der Waals surface area contributed by atoms with Crippen LogP contribution in [0.5, 0.6) is 0 Å². The van der Waals surface area contributed by atoms with Crippen molar-refractivity contribution in [1.82, 2.24) is 0 Å². The molecule has 1 N–H and O–H groups in total. The zero-order valence-electron chi connectivity index (χ0n) is 8.48. The lowest BCUT2D eigenvalue weighted by atomic mass is 10.2. The first-order chi connectivity index (χ1) is 6.63. The normalized spacial score (nSPS) is 12.6. The molecular formula is C11H15F2N. The van der Waals surface area contributed by atoms with Gasteiger partial charge in [-0.15, -0.1) is 0 Å². The Morgan fingerprint density at radius 2 is 2.07 bits per heavy atom. The number of anilines is 1. The molecule has 1 rings (SSSR count). The standard InChI is InChI=1S/C11H15F2N/c1-3-4-8(2)14-11-7-9(12)5-6-10(11)13/h5-8,14H,3-4H2,1-2H3/t8-/m1/s1. The lowest BCUT2D eigenvalue weighted by Crippen LogP contribution is -2.15. The van der Waals surface area contributed by atoms with E-state index >= 15 is 0 Å². The summed E-state index contributed by atoms with van der Waals surface area (Å²) >= 11 is 0. The van der Waals surface area contributed by atoms with E-state index in [0.717, 1.165) is 25.0 Å². The van der Waals surface area contributed by atoms with Gasteiger partial charge in [0.2, 0.25) is 0 Å². The molecule has 0 fully saturated rings. The minimum Gasteiger partial charge on any atom is -0.380 e. The highest BCUT2D eigenvalue weighted by molar-refractivity contribution is 5.45. The fraction of sp³-hybridized carbons (Fsp3) is 0.455.